The number of ether oxygens (including phenoxy) is 1. The molecule has 1 fully saturated rings. The van der Waals surface area contributed by atoms with E-state index in [1.54, 1.807) is 0 Å². The minimum atomic E-state index is -0.0449. The molecule has 2 heterocycles. The van der Waals surface area contributed by atoms with E-state index in [9.17, 15) is 4.79 Å². The summed E-state index contributed by atoms with van der Waals surface area (Å²) < 4.78 is 6.33. The maximum absolute atomic E-state index is 12.4. The summed E-state index contributed by atoms with van der Waals surface area (Å²) in [6, 6.07) is 2.08. The molecular weight excluding hydrogens is 302 g/mol. The smallest absolute Gasteiger partial charge is 0.180 e. The van der Waals surface area contributed by atoms with Crippen LogP contribution in [0.25, 0.3) is 0 Å². The van der Waals surface area contributed by atoms with E-state index in [-0.39, 0.29) is 17.7 Å². The number of Topliss-reactive ketones (excluding diaryl/α,β-unsaturated/α-hetero) is 1. The zero-order valence-electron chi connectivity index (χ0n) is 9.74. The lowest BCUT2D eigenvalue weighted by molar-refractivity contribution is 0.0895. The van der Waals surface area contributed by atoms with Gasteiger partial charge in [0.25, 0.3) is 0 Å². The Kier molecular flexibility index (Phi) is 4.73. The van der Waals surface area contributed by atoms with E-state index >= 15 is 0 Å². The topological polar surface area (TPSA) is 38.3 Å². The van der Waals surface area contributed by atoms with Gasteiger partial charge in [0.1, 0.15) is 0 Å². The van der Waals surface area contributed by atoms with Crippen molar-refractivity contribution in [3.05, 3.63) is 20.8 Å². The molecule has 94 valence electrons. The van der Waals surface area contributed by atoms with Gasteiger partial charge in [-0.25, -0.2) is 0 Å². The lowest BCUT2D eigenvalue weighted by Crippen LogP contribution is -2.39. The van der Waals surface area contributed by atoms with Crippen LogP contribution in [-0.4, -0.2) is 31.6 Å². The number of hydrogen-bond donors (Lipinski definition) is 1. The highest BCUT2D eigenvalue weighted by Gasteiger charge is 2.35. The molecule has 1 aromatic heterocycles. The second-order valence-corrected chi connectivity index (χ2v) is 5.94. The van der Waals surface area contributed by atoms with Gasteiger partial charge in [0.15, 0.2) is 5.78 Å². The van der Waals surface area contributed by atoms with Crippen LogP contribution >= 0.6 is 27.3 Å². The number of carbonyl (C=O) groups is 1. The third-order valence-corrected chi connectivity index (χ3v) is 4.77. The predicted octanol–water partition coefficient (Wildman–Crippen LogP) is 2.71. The monoisotopic (exact) mass is 317 g/mol. The van der Waals surface area contributed by atoms with E-state index < -0.39 is 0 Å². The Morgan fingerprint density at radius 2 is 2.47 bits per heavy atom. The molecular formula is C12H16BrNO2S. The summed E-state index contributed by atoms with van der Waals surface area (Å²) >= 11 is 4.91. The molecule has 1 aliphatic heterocycles. The molecule has 0 saturated carbocycles. The second-order valence-electron chi connectivity index (χ2n) is 4.17. The molecule has 1 aliphatic rings. The molecule has 2 unspecified atom stereocenters. The standard InChI is InChI=1S/C12H16BrNO2S/c1-2-4-14-10-7-16-6-8(10)11(15)12-9(13)3-5-17-12/h3,5,8,10,14H,2,4,6-7H2,1H3. The Morgan fingerprint density at radius 3 is 3.12 bits per heavy atom. The molecule has 0 aromatic carbocycles. The van der Waals surface area contributed by atoms with E-state index in [4.69, 9.17) is 4.74 Å². The van der Waals surface area contributed by atoms with Crippen molar-refractivity contribution in [2.24, 2.45) is 5.92 Å². The lowest BCUT2D eigenvalue weighted by atomic mass is 9.97. The van der Waals surface area contributed by atoms with Crippen LogP contribution in [0.3, 0.4) is 0 Å². The van der Waals surface area contributed by atoms with E-state index in [0.29, 0.717) is 13.2 Å². The fourth-order valence-corrected chi connectivity index (χ4v) is 3.55. The van der Waals surface area contributed by atoms with Gasteiger partial charge >= 0.3 is 0 Å². The van der Waals surface area contributed by atoms with Crippen molar-refractivity contribution in [3.8, 4) is 0 Å². The number of rotatable bonds is 5. The molecule has 17 heavy (non-hydrogen) atoms. The van der Waals surface area contributed by atoms with E-state index in [2.05, 4.69) is 28.2 Å². The molecule has 1 saturated heterocycles. The molecule has 5 heteroatoms. The molecule has 0 bridgehead atoms. The maximum Gasteiger partial charge on any atom is 0.180 e. The van der Waals surface area contributed by atoms with Crippen molar-refractivity contribution >= 4 is 33.0 Å². The zero-order chi connectivity index (χ0) is 12.3. The minimum absolute atomic E-state index is 0.0449. The number of ketones is 1. The highest BCUT2D eigenvalue weighted by molar-refractivity contribution is 9.10. The first kappa shape index (κ1) is 13.2. The van der Waals surface area contributed by atoms with Crippen LogP contribution in [0, 0.1) is 5.92 Å². The van der Waals surface area contributed by atoms with E-state index in [0.717, 1.165) is 22.3 Å². The highest BCUT2D eigenvalue weighted by Crippen LogP contribution is 2.28. The van der Waals surface area contributed by atoms with Gasteiger partial charge in [-0.2, -0.15) is 0 Å². The number of carbonyl (C=O) groups excluding carboxylic acids is 1. The highest BCUT2D eigenvalue weighted by atomic mass is 79.9. The molecule has 2 rings (SSSR count). The largest absolute Gasteiger partial charge is 0.379 e. The molecule has 0 amide bonds. The third kappa shape index (κ3) is 2.96. The summed E-state index contributed by atoms with van der Waals surface area (Å²) in [6.45, 7) is 4.23. The number of halogens is 1. The summed E-state index contributed by atoms with van der Waals surface area (Å²) in [6.07, 6.45) is 1.07. The van der Waals surface area contributed by atoms with Crippen LogP contribution in [0.1, 0.15) is 23.0 Å². The fourth-order valence-electron chi connectivity index (χ4n) is 1.98. The summed E-state index contributed by atoms with van der Waals surface area (Å²) in [5.41, 5.74) is 0. The summed E-state index contributed by atoms with van der Waals surface area (Å²) in [7, 11) is 0. The Morgan fingerprint density at radius 1 is 1.65 bits per heavy atom. The van der Waals surface area contributed by atoms with Crippen LogP contribution in [0.15, 0.2) is 15.9 Å². The Hall–Kier alpha value is -0.230. The third-order valence-electron chi connectivity index (χ3n) is 2.91. The van der Waals surface area contributed by atoms with Gasteiger partial charge in [-0.05, 0) is 40.3 Å². The zero-order valence-corrected chi connectivity index (χ0v) is 12.1. The lowest BCUT2D eigenvalue weighted by Gasteiger charge is -2.17. The van der Waals surface area contributed by atoms with Crippen molar-refractivity contribution < 1.29 is 9.53 Å². The fraction of sp³-hybridized carbons (Fsp3) is 0.583. The average Bonchev–Trinajstić information content (AvgIpc) is 2.94. The number of nitrogens with one attached hydrogen (secondary N) is 1. The second kappa shape index (κ2) is 6.09. The van der Waals surface area contributed by atoms with Crippen molar-refractivity contribution in [1.82, 2.24) is 5.32 Å². The van der Waals surface area contributed by atoms with Crippen molar-refractivity contribution in [1.29, 1.82) is 0 Å². The van der Waals surface area contributed by atoms with Gasteiger partial charge in [0, 0.05) is 10.5 Å². The average molecular weight is 318 g/mol. The normalized spacial score (nSPS) is 24.1. The van der Waals surface area contributed by atoms with Gasteiger partial charge in [-0.3, -0.25) is 4.79 Å². The van der Waals surface area contributed by atoms with Gasteiger partial charge in [-0.15, -0.1) is 11.3 Å². The Bertz CT molecular complexity index is 394. The van der Waals surface area contributed by atoms with Gasteiger partial charge in [-0.1, -0.05) is 6.92 Å². The van der Waals surface area contributed by atoms with Crippen LogP contribution in [0.2, 0.25) is 0 Å². The maximum atomic E-state index is 12.4. The predicted molar refractivity (Wildman–Crippen MR) is 72.7 cm³/mol. The van der Waals surface area contributed by atoms with Gasteiger partial charge in [0.2, 0.25) is 0 Å². The van der Waals surface area contributed by atoms with Crippen molar-refractivity contribution in [2.45, 2.75) is 19.4 Å². The van der Waals surface area contributed by atoms with Gasteiger partial charge < -0.3 is 10.1 Å². The van der Waals surface area contributed by atoms with Crippen LogP contribution in [0.4, 0.5) is 0 Å². The van der Waals surface area contributed by atoms with Crippen LogP contribution < -0.4 is 5.32 Å². The number of thiophene rings is 1. The van der Waals surface area contributed by atoms with Crippen LogP contribution in [-0.2, 0) is 4.74 Å². The Labute approximate surface area is 114 Å². The molecule has 3 nitrogen and oxygen atoms in total. The first-order chi connectivity index (χ1) is 8.24. The molecule has 0 aliphatic carbocycles. The number of hydrogen-bond acceptors (Lipinski definition) is 4. The van der Waals surface area contributed by atoms with Crippen molar-refractivity contribution in [2.75, 3.05) is 19.8 Å². The van der Waals surface area contributed by atoms with Crippen LogP contribution in [0.5, 0.6) is 0 Å². The molecule has 1 N–H and O–H groups in total. The molecule has 0 radical (unpaired) electrons. The van der Waals surface area contributed by atoms with E-state index in [1.165, 1.54) is 11.3 Å². The Balaban J connectivity index is 2.06. The molecule has 1 aromatic rings. The van der Waals surface area contributed by atoms with Crippen molar-refractivity contribution in [3.63, 3.8) is 0 Å². The minimum Gasteiger partial charge on any atom is -0.379 e. The summed E-state index contributed by atoms with van der Waals surface area (Å²) in [4.78, 5) is 13.2. The SMILES string of the molecule is CCCNC1COCC1C(=O)c1sccc1Br. The molecule has 0 spiro atoms. The summed E-state index contributed by atoms with van der Waals surface area (Å²) in [5, 5.41) is 5.32. The first-order valence-electron chi connectivity index (χ1n) is 5.82. The summed E-state index contributed by atoms with van der Waals surface area (Å²) in [5.74, 6) is 0.148. The van der Waals surface area contributed by atoms with Gasteiger partial charge in [0.05, 0.1) is 24.0 Å². The quantitative estimate of drug-likeness (QED) is 0.849. The molecule has 2 atom stereocenters. The first-order valence-corrected chi connectivity index (χ1v) is 7.49. The van der Waals surface area contributed by atoms with E-state index in [1.807, 2.05) is 11.4 Å².